The van der Waals surface area contributed by atoms with Crippen LogP contribution in [0, 0.1) is 0 Å². The minimum absolute atomic E-state index is 0.00392. The molecule has 2 amide bonds. The van der Waals surface area contributed by atoms with Crippen molar-refractivity contribution in [2.75, 3.05) is 44.2 Å². The summed E-state index contributed by atoms with van der Waals surface area (Å²) in [4.78, 5) is 47.8. The Balaban J connectivity index is 1.36. The molecule has 0 saturated carbocycles. The third-order valence-electron chi connectivity index (χ3n) is 7.77. The number of halogens is 3. The summed E-state index contributed by atoms with van der Waals surface area (Å²) < 4.78 is 44.5. The third-order valence-corrected chi connectivity index (χ3v) is 7.77. The van der Waals surface area contributed by atoms with Gasteiger partial charge in [-0.2, -0.15) is 18.3 Å². The number of hydrogen-bond acceptors (Lipinski definition) is 7. The first-order chi connectivity index (χ1) is 18.7. The smallest absolute Gasteiger partial charge is 0.365 e. The standard InChI is InChI=1S/C26H25F3N6O4/c27-26(28,29)20-13-34(10-11-39-20)21(36)14-35-19-3-1-2-15(22(19)25(24(35)38)6-8-30-9-7-25)23(37)17-5-4-16-18(32-17)12-31-33-16/h1-5,12,20,30H,6-11,13-14H2,(H,31,33). The Morgan fingerprint density at radius 1 is 1.15 bits per heavy atom. The lowest BCUT2D eigenvalue weighted by molar-refractivity contribution is -0.236. The molecule has 2 N–H and O–H groups in total. The minimum Gasteiger partial charge on any atom is -0.365 e. The van der Waals surface area contributed by atoms with E-state index < -0.39 is 36.7 Å². The van der Waals surface area contributed by atoms with E-state index in [9.17, 15) is 27.6 Å². The summed E-state index contributed by atoms with van der Waals surface area (Å²) in [7, 11) is 0. The van der Waals surface area contributed by atoms with Gasteiger partial charge in [0.25, 0.3) is 0 Å². The van der Waals surface area contributed by atoms with Crippen molar-refractivity contribution in [1.29, 1.82) is 0 Å². The minimum atomic E-state index is -4.60. The molecule has 13 heteroatoms. The van der Waals surface area contributed by atoms with Crippen LogP contribution in [0.15, 0.2) is 36.5 Å². The van der Waals surface area contributed by atoms with Gasteiger partial charge in [-0.25, -0.2) is 4.98 Å². The number of pyridine rings is 1. The maximum Gasteiger partial charge on any atom is 0.416 e. The van der Waals surface area contributed by atoms with Gasteiger partial charge in [-0.3, -0.25) is 19.5 Å². The summed E-state index contributed by atoms with van der Waals surface area (Å²) in [6.07, 6.45) is -4.33. The van der Waals surface area contributed by atoms with Crippen LogP contribution in [-0.2, 0) is 19.7 Å². The molecular weight excluding hydrogens is 517 g/mol. The molecule has 0 bridgehead atoms. The second-order valence-corrected chi connectivity index (χ2v) is 9.99. The van der Waals surface area contributed by atoms with Crippen molar-refractivity contribution in [2.45, 2.75) is 30.5 Å². The lowest BCUT2D eigenvalue weighted by Gasteiger charge is -2.35. The number of amides is 2. The number of piperidine rings is 1. The molecule has 3 aromatic rings. The molecule has 3 aliphatic rings. The van der Waals surface area contributed by atoms with E-state index in [4.69, 9.17) is 4.74 Å². The van der Waals surface area contributed by atoms with Crippen molar-refractivity contribution < 1.29 is 32.3 Å². The molecule has 1 atom stereocenters. The number of nitrogens with one attached hydrogen (secondary N) is 2. The highest BCUT2D eigenvalue weighted by atomic mass is 19.4. The molecule has 0 radical (unpaired) electrons. The Morgan fingerprint density at radius 2 is 1.95 bits per heavy atom. The quantitative estimate of drug-likeness (QED) is 0.484. The number of ketones is 1. The Kier molecular flexibility index (Phi) is 6.14. The zero-order chi connectivity index (χ0) is 27.4. The molecule has 1 unspecified atom stereocenters. The van der Waals surface area contributed by atoms with E-state index in [-0.39, 0.29) is 30.5 Å². The Morgan fingerprint density at radius 3 is 2.72 bits per heavy atom. The van der Waals surface area contributed by atoms with Crippen LogP contribution in [0.25, 0.3) is 11.0 Å². The van der Waals surface area contributed by atoms with Crippen LogP contribution in [0.1, 0.15) is 34.5 Å². The van der Waals surface area contributed by atoms with Gasteiger partial charge in [-0.05, 0) is 44.1 Å². The Labute approximate surface area is 220 Å². The lowest BCUT2D eigenvalue weighted by Crippen LogP contribution is -2.54. The average Bonchev–Trinajstić information content (AvgIpc) is 3.50. The van der Waals surface area contributed by atoms with Crippen molar-refractivity contribution >= 4 is 34.3 Å². The fourth-order valence-corrected chi connectivity index (χ4v) is 5.81. The molecule has 1 aromatic carbocycles. The second kappa shape index (κ2) is 9.42. The summed E-state index contributed by atoms with van der Waals surface area (Å²) in [5.74, 6) is -1.30. The van der Waals surface area contributed by atoms with Crippen molar-refractivity contribution in [3.63, 3.8) is 0 Å². The zero-order valence-electron chi connectivity index (χ0n) is 20.8. The van der Waals surface area contributed by atoms with Gasteiger partial charge in [-0.15, -0.1) is 0 Å². The molecule has 3 aliphatic heterocycles. The number of benzene rings is 1. The molecule has 2 fully saturated rings. The predicted molar refractivity (Wildman–Crippen MR) is 132 cm³/mol. The predicted octanol–water partition coefficient (Wildman–Crippen LogP) is 1.95. The molecule has 1 spiro atoms. The fraction of sp³-hybridized carbons (Fsp3) is 0.423. The van der Waals surface area contributed by atoms with E-state index in [1.807, 2.05) is 0 Å². The highest BCUT2D eigenvalue weighted by Crippen LogP contribution is 2.49. The summed E-state index contributed by atoms with van der Waals surface area (Å²) in [6, 6.07) is 8.27. The molecule has 2 aromatic heterocycles. The number of alkyl halides is 3. The van der Waals surface area contributed by atoms with Crippen LogP contribution in [0.3, 0.4) is 0 Å². The van der Waals surface area contributed by atoms with E-state index >= 15 is 0 Å². The van der Waals surface area contributed by atoms with Crippen LogP contribution >= 0.6 is 0 Å². The van der Waals surface area contributed by atoms with E-state index in [0.29, 0.717) is 53.8 Å². The summed E-state index contributed by atoms with van der Waals surface area (Å²) in [5, 5.41) is 9.97. The molecule has 0 aliphatic carbocycles. The molecular formula is C26H25F3N6O4. The number of carbonyl (C=O) groups excluding carboxylic acids is 3. The Bertz CT molecular complexity index is 1470. The lowest BCUT2D eigenvalue weighted by atomic mass is 9.72. The largest absolute Gasteiger partial charge is 0.416 e. The number of nitrogens with zero attached hydrogens (tertiary/aromatic N) is 4. The van der Waals surface area contributed by atoms with Gasteiger partial charge in [0.05, 0.1) is 30.3 Å². The van der Waals surface area contributed by atoms with Crippen LogP contribution in [0.5, 0.6) is 0 Å². The van der Waals surface area contributed by atoms with Gasteiger partial charge in [0.15, 0.2) is 6.10 Å². The monoisotopic (exact) mass is 542 g/mol. The van der Waals surface area contributed by atoms with Gasteiger partial charge in [0, 0.05) is 23.4 Å². The highest BCUT2D eigenvalue weighted by molar-refractivity contribution is 6.17. The summed E-state index contributed by atoms with van der Waals surface area (Å²) >= 11 is 0. The summed E-state index contributed by atoms with van der Waals surface area (Å²) in [6.45, 7) is -0.245. The molecule has 5 heterocycles. The molecule has 2 saturated heterocycles. The third kappa shape index (κ3) is 4.25. The first-order valence-electron chi connectivity index (χ1n) is 12.7. The first kappa shape index (κ1) is 25.4. The van der Waals surface area contributed by atoms with E-state index in [1.165, 1.54) is 11.1 Å². The summed E-state index contributed by atoms with van der Waals surface area (Å²) in [5.41, 5.74) is 1.63. The average molecular weight is 543 g/mol. The van der Waals surface area contributed by atoms with Crippen LogP contribution in [-0.4, -0.2) is 89.3 Å². The number of rotatable bonds is 4. The molecule has 204 valence electrons. The molecule has 39 heavy (non-hydrogen) atoms. The van der Waals surface area contributed by atoms with E-state index in [1.54, 1.807) is 30.3 Å². The first-order valence-corrected chi connectivity index (χ1v) is 12.7. The van der Waals surface area contributed by atoms with Crippen molar-refractivity contribution in [3.05, 3.63) is 53.3 Å². The maximum absolute atomic E-state index is 14.0. The number of morpholine rings is 1. The highest BCUT2D eigenvalue weighted by Gasteiger charge is 2.54. The van der Waals surface area contributed by atoms with Crippen molar-refractivity contribution in [3.8, 4) is 0 Å². The number of fused-ring (bicyclic) bond motifs is 3. The fourth-order valence-electron chi connectivity index (χ4n) is 5.81. The van der Waals surface area contributed by atoms with E-state index in [0.717, 1.165) is 4.90 Å². The Hall–Kier alpha value is -3.84. The molecule has 6 rings (SSSR count). The van der Waals surface area contributed by atoms with Crippen LogP contribution in [0.4, 0.5) is 18.9 Å². The van der Waals surface area contributed by atoms with Crippen LogP contribution < -0.4 is 10.2 Å². The SMILES string of the molecule is O=C(c1ccc2[nH]ncc2n1)c1cccc2c1C1(CCNCC1)C(=O)N2CC(=O)N1CCOC(C(F)(F)F)C1. The number of aromatic amines is 1. The number of H-pyrrole nitrogens is 1. The maximum atomic E-state index is 14.0. The number of carbonyl (C=O) groups is 3. The van der Waals surface area contributed by atoms with Gasteiger partial charge in [-0.1, -0.05) is 12.1 Å². The van der Waals surface area contributed by atoms with Gasteiger partial charge in [0.2, 0.25) is 17.6 Å². The van der Waals surface area contributed by atoms with Crippen molar-refractivity contribution in [2.24, 2.45) is 0 Å². The van der Waals surface area contributed by atoms with Gasteiger partial charge >= 0.3 is 6.18 Å². The van der Waals surface area contributed by atoms with Gasteiger partial charge in [0.1, 0.15) is 17.8 Å². The number of anilines is 1. The number of ether oxygens (including phenoxy) is 1. The van der Waals surface area contributed by atoms with Crippen LogP contribution in [0.2, 0.25) is 0 Å². The number of aromatic nitrogens is 3. The normalized spacial score (nSPS) is 21.0. The molecule has 10 nitrogen and oxygen atoms in total. The topological polar surface area (TPSA) is 121 Å². The van der Waals surface area contributed by atoms with E-state index in [2.05, 4.69) is 20.5 Å². The zero-order valence-corrected chi connectivity index (χ0v) is 20.8. The van der Waals surface area contributed by atoms with Crippen molar-refractivity contribution in [1.82, 2.24) is 25.4 Å². The second-order valence-electron chi connectivity index (χ2n) is 9.99. The van der Waals surface area contributed by atoms with Gasteiger partial charge < -0.3 is 19.9 Å². The number of hydrogen-bond donors (Lipinski definition) is 2.